The van der Waals surface area contributed by atoms with Crippen LogP contribution in [0.4, 0.5) is 17.1 Å². The van der Waals surface area contributed by atoms with Crippen LogP contribution in [0.1, 0.15) is 38.5 Å². The summed E-state index contributed by atoms with van der Waals surface area (Å²) in [6.45, 7) is 0. The van der Waals surface area contributed by atoms with E-state index in [0.717, 1.165) is 50.7 Å². The smallest absolute Gasteiger partial charge is 0.325 e. The minimum Gasteiger partial charge on any atom is -0.475 e. The molecule has 0 aromatic heterocycles. The van der Waals surface area contributed by atoms with E-state index in [4.69, 9.17) is 4.74 Å². The second-order valence-corrected chi connectivity index (χ2v) is 7.79. The van der Waals surface area contributed by atoms with Gasteiger partial charge in [-0.25, -0.2) is 0 Å². The van der Waals surface area contributed by atoms with Crippen LogP contribution < -0.4 is 4.74 Å². The monoisotopic (exact) mass is 363 g/mol. The quantitative estimate of drug-likeness (QED) is 0.573. The topological polar surface area (TPSA) is 139 Å². The lowest BCUT2D eigenvalue weighted by molar-refractivity contribution is -0.405. The Hall–Kier alpha value is -2.78. The zero-order chi connectivity index (χ0) is 18.6. The summed E-state index contributed by atoms with van der Waals surface area (Å²) in [7, 11) is 0. The number of ether oxygens (including phenoxy) is 1. The fourth-order valence-corrected chi connectivity index (χ4v) is 5.44. The van der Waals surface area contributed by atoms with Gasteiger partial charge in [0.1, 0.15) is 5.60 Å². The van der Waals surface area contributed by atoms with Crippen LogP contribution >= 0.6 is 0 Å². The van der Waals surface area contributed by atoms with Crippen molar-refractivity contribution in [3.8, 4) is 5.75 Å². The molecule has 138 valence electrons. The van der Waals surface area contributed by atoms with Crippen LogP contribution in [0.5, 0.6) is 5.75 Å². The average Bonchev–Trinajstić information content (AvgIpc) is 2.52. The molecule has 0 aliphatic heterocycles. The largest absolute Gasteiger partial charge is 0.475 e. The maximum Gasteiger partial charge on any atom is 0.325 e. The molecule has 4 bridgehead atoms. The van der Waals surface area contributed by atoms with Crippen molar-refractivity contribution in [1.82, 2.24) is 0 Å². The van der Waals surface area contributed by atoms with Crippen molar-refractivity contribution in [3.05, 3.63) is 42.5 Å². The third-order valence-corrected chi connectivity index (χ3v) is 5.94. The maximum absolute atomic E-state index is 11.4. The van der Waals surface area contributed by atoms with Crippen LogP contribution in [0.2, 0.25) is 0 Å². The Morgan fingerprint density at radius 3 is 1.58 bits per heavy atom. The molecule has 0 N–H and O–H groups in total. The molecule has 0 saturated heterocycles. The van der Waals surface area contributed by atoms with Crippen molar-refractivity contribution in [3.63, 3.8) is 0 Å². The standard InChI is InChI=1S/C16H17N3O7/c20-17(21)12-4-13(18(22)23)15(14(5-12)19(24)25)26-16-6-9-1-10(7-16)3-11(2-9)8-16/h4-5,9-11H,1-3,6-8H2. The SMILES string of the molecule is O=[N+]([O-])c1cc([N+](=O)[O-])c(OC23CC4CC(CC(C4)C2)C3)c([N+](=O)[O-])c1. The van der Waals surface area contributed by atoms with Crippen molar-refractivity contribution in [2.45, 2.75) is 44.1 Å². The molecule has 4 aliphatic carbocycles. The predicted octanol–water partition coefficient (Wildman–Crippen LogP) is 3.76. The minimum atomic E-state index is -0.880. The molecule has 0 heterocycles. The Morgan fingerprint density at radius 2 is 1.23 bits per heavy atom. The molecule has 0 atom stereocenters. The number of non-ortho nitro benzene ring substituents is 1. The average molecular weight is 363 g/mol. The molecule has 5 rings (SSSR count). The number of nitro benzene ring substituents is 3. The molecule has 4 aliphatic rings. The first-order chi connectivity index (χ1) is 12.3. The second kappa shape index (κ2) is 5.61. The number of hydrogen-bond acceptors (Lipinski definition) is 7. The Balaban J connectivity index is 1.79. The van der Waals surface area contributed by atoms with E-state index in [-0.39, 0.29) is 0 Å². The first kappa shape index (κ1) is 16.7. The van der Waals surface area contributed by atoms with E-state index >= 15 is 0 Å². The van der Waals surface area contributed by atoms with Crippen LogP contribution in [-0.4, -0.2) is 20.4 Å². The van der Waals surface area contributed by atoms with Gasteiger partial charge in [0.15, 0.2) is 0 Å². The van der Waals surface area contributed by atoms with Crippen LogP contribution in [0, 0.1) is 48.1 Å². The van der Waals surface area contributed by atoms with Crippen LogP contribution in [0.15, 0.2) is 12.1 Å². The second-order valence-electron chi connectivity index (χ2n) is 7.79. The number of nitro groups is 3. The first-order valence-corrected chi connectivity index (χ1v) is 8.56. The van der Waals surface area contributed by atoms with E-state index in [1.807, 2.05) is 0 Å². The fraction of sp³-hybridized carbons (Fsp3) is 0.625. The fourth-order valence-electron chi connectivity index (χ4n) is 5.44. The molecule has 1 aromatic rings. The van der Waals surface area contributed by atoms with Crippen molar-refractivity contribution in [2.24, 2.45) is 17.8 Å². The van der Waals surface area contributed by atoms with Gasteiger partial charge in [-0.1, -0.05) is 0 Å². The highest BCUT2D eigenvalue weighted by Crippen LogP contribution is 2.58. The summed E-state index contributed by atoms with van der Waals surface area (Å²) < 4.78 is 6.03. The van der Waals surface area contributed by atoms with E-state index in [1.54, 1.807) is 0 Å². The highest BCUT2D eigenvalue weighted by Gasteiger charge is 2.54. The lowest BCUT2D eigenvalue weighted by Gasteiger charge is -2.55. The van der Waals surface area contributed by atoms with Gasteiger partial charge < -0.3 is 4.74 Å². The Bertz CT molecular complexity index is 752. The van der Waals surface area contributed by atoms with Gasteiger partial charge in [-0.3, -0.25) is 30.3 Å². The van der Waals surface area contributed by atoms with E-state index in [2.05, 4.69) is 0 Å². The highest BCUT2D eigenvalue weighted by atomic mass is 16.6. The Morgan fingerprint density at radius 1 is 0.808 bits per heavy atom. The van der Waals surface area contributed by atoms with Crippen LogP contribution in [-0.2, 0) is 0 Å². The third kappa shape index (κ3) is 2.65. The van der Waals surface area contributed by atoms with Gasteiger partial charge in [0.2, 0.25) is 0 Å². The van der Waals surface area contributed by atoms with Crippen molar-refractivity contribution < 1.29 is 19.5 Å². The summed E-state index contributed by atoms with van der Waals surface area (Å²) in [6.07, 6.45) is 5.53. The molecule has 0 unspecified atom stereocenters. The summed E-state index contributed by atoms with van der Waals surface area (Å²) in [5.41, 5.74) is -2.77. The van der Waals surface area contributed by atoms with E-state index in [0.29, 0.717) is 17.8 Å². The van der Waals surface area contributed by atoms with Gasteiger partial charge in [-0.15, -0.1) is 0 Å². The van der Waals surface area contributed by atoms with Crippen molar-refractivity contribution in [1.29, 1.82) is 0 Å². The summed E-state index contributed by atoms with van der Waals surface area (Å²) in [6, 6.07) is 1.48. The van der Waals surface area contributed by atoms with E-state index in [9.17, 15) is 30.3 Å². The molecule has 1 aromatic carbocycles. The lowest BCUT2D eigenvalue weighted by Crippen LogP contribution is -2.53. The zero-order valence-corrected chi connectivity index (χ0v) is 13.8. The van der Waals surface area contributed by atoms with Gasteiger partial charge in [-0.2, -0.15) is 0 Å². The summed E-state index contributed by atoms with van der Waals surface area (Å²) >= 11 is 0. The molecule has 4 saturated carbocycles. The summed E-state index contributed by atoms with van der Waals surface area (Å²) in [5.74, 6) is 1.000. The summed E-state index contributed by atoms with van der Waals surface area (Å²) in [5, 5.41) is 33.9. The molecule has 0 amide bonds. The molecule has 4 fully saturated rings. The molecular weight excluding hydrogens is 346 g/mol. The van der Waals surface area contributed by atoms with Gasteiger partial charge in [-0.05, 0) is 56.3 Å². The molecule has 0 radical (unpaired) electrons. The maximum atomic E-state index is 11.4. The van der Waals surface area contributed by atoms with Crippen molar-refractivity contribution in [2.75, 3.05) is 0 Å². The minimum absolute atomic E-state index is 0.451. The van der Waals surface area contributed by atoms with Gasteiger partial charge >= 0.3 is 11.4 Å². The van der Waals surface area contributed by atoms with Crippen LogP contribution in [0.3, 0.4) is 0 Å². The molecule has 26 heavy (non-hydrogen) atoms. The first-order valence-electron chi connectivity index (χ1n) is 8.56. The molecule has 10 heteroatoms. The highest BCUT2D eigenvalue weighted by molar-refractivity contribution is 5.65. The molecule has 0 spiro atoms. The van der Waals surface area contributed by atoms with E-state index in [1.165, 1.54) is 0 Å². The van der Waals surface area contributed by atoms with Crippen LogP contribution in [0.25, 0.3) is 0 Å². The normalized spacial score (nSPS) is 31.6. The molecule has 10 nitrogen and oxygen atoms in total. The zero-order valence-electron chi connectivity index (χ0n) is 13.8. The Kier molecular flexibility index (Phi) is 3.60. The van der Waals surface area contributed by atoms with Gasteiger partial charge in [0.25, 0.3) is 11.4 Å². The van der Waals surface area contributed by atoms with E-state index < -0.39 is 43.2 Å². The molecular formula is C16H17N3O7. The summed E-state index contributed by atoms with van der Waals surface area (Å²) in [4.78, 5) is 31.3. The predicted molar refractivity (Wildman–Crippen MR) is 87.9 cm³/mol. The van der Waals surface area contributed by atoms with Gasteiger partial charge in [0.05, 0.1) is 26.9 Å². The van der Waals surface area contributed by atoms with Gasteiger partial charge in [0, 0.05) is 0 Å². The number of benzene rings is 1. The van der Waals surface area contributed by atoms with Crippen molar-refractivity contribution >= 4 is 17.1 Å². The number of nitrogens with zero attached hydrogens (tertiary/aromatic N) is 3. The number of rotatable bonds is 5. The third-order valence-electron chi connectivity index (χ3n) is 5.94. The number of hydrogen-bond donors (Lipinski definition) is 0. The Labute approximate surface area is 147 Å². The lowest BCUT2D eigenvalue weighted by atomic mass is 9.54.